The predicted octanol–water partition coefficient (Wildman–Crippen LogP) is 2.83. The number of ether oxygens (including phenoxy) is 1. The summed E-state index contributed by atoms with van der Waals surface area (Å²) in [6, 6.07) is 13.8. The molecule has 24 heavy (non-hydrogen) atoms. The molecule has 0 spiro atoms. The van der Waals surface area contributed by atoms with E-state index in [1.54, 1.807) is 48.5 Å². The Bertz CT molecular complexity index is 762. The number of nitrogens with zero attached hydrogens (tertiary/aromatic N) is 1. The zero-order valence-corrected chi connectivity index (χ0v) is 13.7. The van der Waals surface area contributed by atoms with Crippen molar-refractivity contribution in [2.75, 3.05) is 11.9 Å². The average Bonchev–Trinajstić information content (AvgIpc) is 2.58. The van der Waals surface area contributed by atoms with Crippen LogP contribution < -0.4 is 15.5 Å². The quantitative estimate of drug-likeness (QED) is 0.497. The molecule has 0 fully saturated rings. The number of hydrazone groups is 1. The van der Waals surface area contributed by atoms with Gasteiger partial charge < -0.3 is 10.1 Å². The standard InChI is InChI=1S/C17H16ClN3O3/c1-2-24-15-10-6-5-9-14(15)20-16(22)17(23)21-19-11-12-7-3-4-8-13(12)18/h3-11H,2H2,1H3,(H,20,22)(H,21,23). The van der Waals surface area contributed by atoms with Gasteiger partial charge in [0.2, 0.25) is 0 Å². The van der Waals surface area contributed by atoms with E-state index >= 15 is 0 Å². The molecule has 0 aromatic heterocycles. The van der Waals surface area contributed by atoms with Crippen molar-refractivity contribution in [3.05, 3.63) is 59.1 Å². The number of carbonyl (C=O) groups excluding carboxylic acids is 2. The molecule has 2 rings (SSSR count). The van der Waals surface area contributed by atoms with Gasteiger partial charge in [-0.3, -0.25) is 9.59 Å². The first-order valence-electron chi connectivity index (χ1n) is 7.22. The highest BCUT2D eigenvalue weighted by Gasteiger charge is 2.15. The Hall–Kier alpha value is -2.86. The highest BCUT2D eigenvalue weighted by Crippen LogP contribution is 2.23. The smallest absolute Gasteiger partial charge is 0.329 e. The number of para-hydroxylation sites is 2. The third-order valence-electron chi connectivity index (χ3n) is 2.92. The van der Waals surface area contributed by atoms with Crippen LogP contribution in [0.3, 0.4) is 0 Å². The average molecular weight is 346 g/mol. The van der Waals surface area contributed by atoms with Crippen molar-refractivity contribution >= 4 is 35.3 Å². The summed E-state index contributed by atoms with van der Waals surface area (Å²) >= 11 is 5.96. The molecular weight excluding hydrogens is 330 g/mol. The van der Waals surface area contributed by atoms with E-state index in [0.29, 0.717) is 28.6 Å². The van der Waals surface area contributed by atoms with Crippen molar-refractivity contribution < 1.29 is 14.3 Å². The normalized spacial score (nSPS) is 10.4. The summed E-state index contributed by atoms with van der Waals surface area (Å²) in [6.45, 7) is 2.27. The summed E-state index contributed by atoms with van der Waals surface area (Å²) in [7, 11) is 0. The number of rotatable bonds is 5. The highest BCUT2D eigenvalue weighted by atomic mass is 35.5. The van der Waals surface area contributed by atoms with Crippen molar-refractivity contribution in [2.45, 2.75) is 6.92 Å². The van der Waals surface area contributed by atoms with Crippen LogP contribution in [0.5, 0.6) is 5.75 Å². The van der Waals surface area contributed by atoms with Crippen LogP contribution in [0.1, 0.15) is 12.5 Å². The molecule has 0 aliphatic carbocycles. The van der Waals surface area contributed by atoms with E-state index in [1.165, 1.54) is 6.21 Å². The lowest BCUT2D eigenvalue weighted by molar-refractivity contribution is -0.136. The van der Waals surface area contributed by atoms with E-state index in [1.807, 2.05) is 6.92 Å². The molecule has 2 aromatic carbocycles. The van der Waals surface area contributed by atoms with Crippen LogP contribution in [-0.2, 0) is 9.59 Å². The van der Waals surface area contributed by atoms with Gasteiger partial charge in [-0.15, -0.1) is 0 Å². The first-order valence-corrected chi connectivity index (χ1v) is 7.60. The minimum absolute atomic E-state index is 0.412. The molecule has 0 saturated carbocycles. The fourth-order valence-electron chi connectivity index (χ4n) is 1.82. The molecule has 7 heteroatoms. The SMILES string of the molecule is CCOc1ccccc1NC(=O)C(=O)NN=Cc1ccccc1Cl. The third-order valence-corrected chi connectivity index (χ3v) is 3.26. The van der Waals surface area contributed by atoms with Crippen LogP contribution in [0.25, 0.3) is 0 Å². The number of carbonyl (C=O) groups is 2. The second-order valence-electron chi connectivity index (χ2n) is 4.60. The van der Waals surface area contributed by atoms with Crippen molar-refractivity contribution in [3.63, 3.8) is 0 Å². The molecular formula is C17H16ClN3O3. The molecule has 0 heterocycles. The molecule has 0 unspecified atom stereocenters. The highest BCUT2D eigenvalue weighted by molar-refractivity contribution is 6.39. The zero-order valence-electron chi connectivity index (χ0n) is 13.0. The van der Waals surface area contributed by atoms with Gasteiger partial charge in [0, 0.05) is 10.6 Å². The molecule has 0 bridgehead atoms. The lowest BCUT2D eigenvalue weighted by atomic mass is 10.2. The van der Waals surface area contributed by atoms with Gasteiger partial charge in [-0.05, 0) is 25.1 Å². The lowest BCUT2D eigenvalue weighted by Gasteiger charge is -2.10. The van der Waals surface area contributed by atoms with Gasteiger partial charge in [0.05, 0.1) is 18.5 Å². The second-order valence-corrected chi connectivity index (χ2v) is 5.01. The molecule has 2 N–H and O–H groups in total. The van der Waals surface area contributed by atoms with Gasteiger partial charge in [0.25, 0.3) is 0 Å². The van der Waals surface area contributed by atoms with E-state index in [9.17, 15) is 9.59 Å². The van der Waals surface area contributed by atoms with E-state index in [-0.39, 0.29) is 0 Å². The summed E-state index contributed by atoms with van der Waals surface area (Å²) in [5, 5.41) is 6.69. The Morgan fingerprint density at radius 3 is 2.58 bits per heavy atom. The van der Waals surface area contributed by atoms with E-state index in [2.05, 4.69) is 15.8 Å². The zero-order chi connectivity index (χ0) is 17.4. The lowest BCUT2D eigenvalue weighted by Crippen LogP contribution is -2.32. The Labute approximate surface area is 144 Å². The van der Waals surface area contributed by atoms with Crippen molar-refractivity contribution in [3.8, 4) is 5.75 Å². The van der Waals surface area contributed by atoms with Crippen LogP contribution in [0.2, 0.25) is 5.02 Å². The topological polar surface area (TPSA) is 79.8 Å². The maximum Gasteiger partial charge on any atom is 0.329 e. The van der Waals surface area contributed by atoms with Crippen LogP contribution in [0.4, 0.5) is 5.69 Å². The Morgan fingerprint density at radius 2 is 1.83 bits per heavy atom. The van der Waals surface area contributed by atoms with Gasteiger partial charge in [-0.2, -0.15) is 5.10 Å². The van der Waals surface area contributed by atoms with Crippen molar-refractivity contribution in [1.82, 2.24) is 5.43 Å². The van der Waals surface area contributed by atoms with Crippen LogP contribution >= 0.6 is 11.6 Å². The molecule has 2 aromatic rings. The predicted molar refractivity (Wildman–Crippen MR) is 93.4 cm³/mol. The monoisotopic (exact) mass is 345 g/mol. The largest absolute Gasteiger partial charge is 0.492 e. The maximum absolute atomic E-state index is 11.9. The third kappa shape index (κ3) is 4.82. The number of amides is 2. The number of hydrogen-bond donors (Lipinski definition) is 2. The second kappa shape index (κ2) is 8.69. The molecule has 0 atom stereocenters. The number of hydrogen-bond acceptors (Lipinski definition) is 4. The molecule has 0 saturated heterocycles. The van der Waals surface area contributed by atoms with Gasteiger partial charge in [-0.25, -0.2) is 5.43 Å². The first-order chi connectivity index (χ1) is 11.6. The minimum Gasteiger partial charge on any atom is -0.492 e. The summed E-state index contributed by atoms with van der Waals surface area (Å²) in [6.07, 6.45) is 1.36. The van der Waals surface area contributed by atoms with Gasteiger partial charge >= 0.3 is 11.8 Å². The minimum atomic E-state index is -0.899. The number of nitrogens with one attached hydrogen (secondary N) is 2. The number of halogens is 1. The molecule has 6 nitrogen and oxygen atoms in total. The molecule has 0 radical (unpaired) electrons. The van der Waals surface area contributed by atoms with E-state index < -0.39 is 11.8 Å². The molecule has 0 aliphatic rings. The maximum atomic E-state index is 11.9. The van der Waals surface area contributed by atoms with Crippen LogP contribution in [0, 0.1) is 0 Å². The van der Waals surface area contributed by atoms with Crippen molar-refractivity contribution in [1.29, 1.82) is 0 Å². The Balaban J connectivity index is 1.96. The number of benzene rings is 2. The molecule has 124 valence electrons. The van der Waals surface area contributed by atoms with Crippen LogP contribution in [-0.4, -0.2) is 24.6 Å². The number of anilines is 1. The fourth-order valence-corrected chi connectivity index (χ4v) is 2.01. The van der Waals surface area contributed by atoms with Gasteiger partial charge in [0.1, 0.15) is 5.75 Å². The van der Waals surface area contributed by atoms with E-state index in [0.717, 1.165) is 0 Å². The first kappa shape index (κ1) is 17.5. The molecule has 2 amide bonds. The summed E-state index contributed by atoms with van der Waals surface area (Å²) < 4.78 is 5.38. The summed E-state index contributed by atoms with van der Waals surface area (Å²) in [5.74, 6) is -1.26. The summed E-state index contributed by atoms with van der Waals surface area (Å²) in [5.41, 5.74) is 3.19. The van der Waals surface area contributed by atoms with Gasteiger partial charge in [-0.1, -0.05) is 41.9 Å². The van der Waals surface area contributed by atoms with Gasteiger partial charge in [0.15, 0.2) is 0 Å². The van der Waals surface area contributed by atoms with E-state index in [4.69, 9.17) is 16.3 Å². The Kier molecular flexibility index (Phi) is 6.33. The van der Waals surface area contributed by atoms with Crippen LogP contribution in [0.15, 0.2) is 53.6 Å². The Morgan fingerprint density at radius 1 is 1.12 bits per heavy atom. The van der Waals surface area contributed by atoms with Crippen molar-refractivity contribution in [2.24, 2.45) is 5.10 Å². The molecule has 0 aliphatic heterocycles. The fraction of sp³-hybridized carbons (Fsp3) is 0.118. The summed E-state index contributed by atoms with van der Waals surface area (Å²) in [4.78, 5) is 23.7.